The molecule has 176 valence electrons. The summed E-state index contributed by atoms with van der Waals surface area (Å²) in [6.07, 6.45) is 14.7. The van der Waals surface area contributed by atoms with Crippen molar-refractivity contribution in [1.82, 2.24) is 0 Å². The van der Waals surface area contributed by atoms with E-state index >= 15 is 0 Å². The summed E-state index contributed by atoms with van der Waals surface area (Å²) in [6, 6.07) is 0. The zero-order valence-electron chi connectivity index (χ0n) is 20.7. The Labute approximate surface area is 190 Å². The van der Waals surface area contributed by atoms with Crippen molar-refractivity contribution in [2.24, 2.45) is 40.4 Å². The molecule has 3 heteroatoms. The molecule has 0 aromatic carbocycles. The van der Waals surface area contributed by atoms with E-state index in [2.05, 4.69) is 52.8 Å². The lowest BCUT2D eigenvalue weighted by atomic mass is 9.45. The third-order valence-corrected chi connectivity index (χ3v) is 10.2. The lowest BCUT2D eigenvalue weighted by Gasteiger charge is -2.62. The number of aliphatic hydroxyl groups excluding tert-OH is 1. The third-order valence-electron chi connectivity index (χ3n) is 10.2. The van der Waals surface area contributed by atoms with E-state index in [0.717, 1.165) is 31.1 Å². The molecule has 31 heavy (non-hydrogen) atoms. The van der Waals surface area contributed by atoms with Crippen LogP contribution >= 0.6 is 0 Å². The fourth-order valence-electron chi connectivity index (χ4n) is 8.39. The van der Waals surface area contributed by atoms with Crippen LogP contribution in [0.5, 0.6) is 0 Å². The highest BCUT2D eigenvalue weighted by Crippen LogP contribution is 2.67. The number of ether oxygens (including phenoxy) is 1. The molecule has 3 fully saturated rings. The first-order chi connectivity index (χ1) is 14.6. The Morgan fingerprint density at radius 2 is 1.84 bits per heavy atom. The quantitative estimate of drug-likeness (QED) is 0.534. The number of hydrogen-bond acceptors (Lipinski definition) is 3. The molecule has 0 aliphatic heterocycles. The molecule has 4 aliphatic rings. The minimum atomic E-state index is -0.966. The highest BCUT2D eigenvalue weighted by molar-refractivity contribution is 5.33. The monoisotopic (exact) mass is 430 g/mol. The second kappa shape index (κ2) is 8.29. The van der Waals surface area contributed by atoms with Crippen LogP contribution in [0.2, 0.25) is 0 Å². The van der Waals surface area contributed by atoms with E-state index in [9.17, 15) is 10.2 Å². The highest BCUT2D eigenvalue weighted by atomic mass is 16.5. The molecule has 4 rings (SSSR count). The van der Waals surface area contributed by atoms with Crippen LogP contribution in [0.1, 0.15) is 86.0 Å². The van der Waals surface area contributed by atoms with Crippen molar-refractivity contribution in [3.63, 3.8) is 0 Å². The van der Waals surface area contributed by atoms with Gasteiger partial charge >= 0.3 is 0 Å². The number of aliphatic hydroxyl groups is 2. The van der Waals surface area contributed by atoms with Crippen LogP contribution in [0.3, 0.4) is 0 Å². The lowest BCUT2D eigenvalue weighted by Crippen LogP contribution is -2.65. The second-order valence-electron chi connectivity index (χ2n) is 12.3. The van der Waals surface area contributed by atoms with Gasteiger partial charge in [0.2, 0.25) is 0 Å². The maximum atomic E-state index is 11.9. The normalized spacial score (nSPS) is 48.3. The van der Waals surface area contributed by atoms with E-state index in [1.54, 1.807) is 12.7 Å². The number of allylic oxidation sites excluding steroid dienone is 3. The van der Waals surface area contributed by atoms with Gasteiger partial charge in [-0.2, -0.15) is 0 Å². The first-order valence-electron chi connectivity index (χ1n) is 12.9. The molecular formula is C28H46O3. The van der Waals surface area contributed by atoms with Gasteiger partial charge in [-0.3, -0.25) is 0 Å². The van der Waals surface area contributed by atoms with Gasteiger partial charge in [0.25, 0.3) is 0 Å². The van der Waals surface area contributed by atoms with E-state index in [1.807, 2.05) is 0 Å². The van der Waals surface area contributed by atoms with Crippen LogP contribution < -0.4 is 0 Å². The average Bonchev–Trinajstić information content (AvgIpc) is 3.05. The number of fused-ring (bicyclic) bond motifs is 5. The van der Waals surface area contributed by atoms with E-state index in [-0.39, 0.29) is 11.5 Å². The summed E-state index contributed by atoms with van der Waals surface area (Å²) < 4.78 is 5.91. The predicted molar refractivity (Wildman–Crippen MR) is 127 cm³/mol. The summed E-state index contributed by atoms with van der Waals surface area (Å²) in [4.78, 5) is 0. The van der Waals surface area contributed by atoms with Crippen molar-refractivity contribution in [2.75, 3.05) is 7.11 Å². The number of rotatable bonds is 5. The molecule has 3 nitrogen and oxygen atoms in total. The van der Waals surface area contributed by atoms with Crippen LogP contribution in [0.4, 0.5) is 0 Å². The van der Waals surface area contributed by atoms with Gasteiger partial charge in [-0.25, -0.2) is 0 Å². The molecule has 0 spiro atoms. The summed E-state index contributed by atoms with van der Waals surface area (Å²) in [5.41, 5.74) is 0.734. The van der Waals surface area contributed by atoms with Crippen molar-refractivity contribution < 1.29 is 14.9 Å². The molecule has 4 aliphatic carbocycles. The van der Waals surface area contributed by atoms with Crippen molar-refractivity contribution >= 4 is 0 Å². The SMILES string of the molecule is CO[C@@H]1C=C2C3CCC(C(C)/C=C/CC(C)C)[C@@]3(C)CCC2[C@@]2(C)CC[C@H](O)C[C@]12O. The van der Waals surface area contributed by atoms with Crippen molar-refractivity contribution in [1.29, 1.82) is 0 Å². The zero-order valence-corrected chi connectivity index (χ0v) is 20.7. The van der Waals surface area contributed by atoms with Gasteiger partial charge in [0.1, 0.15) is 11.7 Å². The van der Waals surface area contributed by atoms with E-state index in [1.165, 1.54) is 25.7 Å². The van der Waals surface area contributed by atoms with Crippen LogP contribution in [0.15, 0.2) is 23.8 Å². The Morgan fingerprint density at radius 1 is 1.10 bits per heavy atom. The Bertz CT molecular complexity index is 726. The standard InChI is InChI=1S/C28H46O3/c1-18(2)8-7-9-19(3)22-10-11-23-21-16-25(31-6)28(30)17-20(29)12-15-27(28,5)24(21)13-14-26(22,23)4/h7,9,16,18-20,22-25,29-30H,8,10-15,17H2,1-6H3/b9-7+/t19?,20-,22?,23?,24?,25+,26+,27+,28-/m0/s1. The van der Waals surface area contributed by atoms with Gasteiger partial charge in [-0.15, -0.1) is 0 Å². The van der Waals surface area contributed by atoms with Gasteiger partial charge in [0, 0.05) is 18.9 Å². The van der Waals surface area contributed by atoms with E-state index in [4.69, 9.17) is 4.74 Å². The summed E-state index contributed by atoms with van der Waals surface area (Å²) in [7, 11) is 1.72. The van der Waals surface area contributed by atoms with Crippen molar-refractivity contribution in [3.05, 3.63) is 23.8 Å². The minimum Gasteiger partial charge on any atom is -0.393 e. The largest absolute Gasteiger partial charge is 0.393 e. The fraction of sp³-hybridized carbons (Fsp3) is 0.857. The lowest BCUT2D eigenvalue weighted by molar-refractivity contribution is -0.216. The maximum absolute atomic E-state index is 11.9. The number of methoxy groups -OCH3 is 1. The van der Waals surface area contributed by atoms with Gasteiger partial charge in [0.05, 0.1) is 6.10 Å². The molecule has 2 N–H and O–H groups in total. The Balaban J connectivity index is 1.64. The zero-order chi connectivity index (χ0) is 22.6. The van der Waals surface area contributed by atoms with Gasteiger partial charge in [0.15, 0.2) is 0 Å². The summed E-state index contributed by atoms with van der Waals surface area (Å²) in [6.45, 7) is 11.8. The molecule has 3 saturated carbocycles. The summed E-state index contributed by atoms with van der Waals surface area (Å²) in [5, 5.41) is 22.3. The predicted octanol–water partition coefficient (Wildman–Crippen LogP) is 5.90. The Hall–Kier alpha value is -0.640. The molecule has 0 amide bonds. The topological polar surface area (TPSA) is 49.7 Å². The molecule has 0 radical (unpaired) electrons. The highest BCUT2D eigenvalue weighted by Gasteiger charge is 2.65. The third kappa shape index (κ3) is 3.58. The van der Waals surface area contributed by atoms with Crippen LogP contribution in [0, 0.1) is 40.4 Å². The van der Waals surface area contributed by atoms with Crippen LogP contribution in [-0.4, -0.2) is 35.1 Å². The molecule has 0 aromatic heterocycles. The Morgan fingerprint density at radius 3 is 2.52 bits per heavy atom. The van der Waals surface area contributed by atoms with Crippen molar-refractivity contribution in [3.8, 4) is 0 Å². The molecule has 0 heterocycles. The van der Waals surface area contributed by atoms with Gasteiger partial charge in [-0.05, 0) is 80.0 Å². The van der Waals surface area contributed by atoms with Crippen LogP contribution in [0.25, 0.3) is 0 Å². The fourth-order valence-corrected chi connectivity index (χ4v) is 8.39. The molecule has 4 unspecified atom stereocenters. The number of hydrogen-bond donors (Lipinski definition) is 2. The minimum absolute atomic E-state index is 0.209. The summed E-state index contributed by atoms with van der Waals surface area (Å²) in [5.74, 6) is 3.08. The van der Waals surface area contributed by atoms with Crippen molar-refractivity contribution in [2.45, 2.75) is 104 Å². The van der Waals surface area contributed by atoms with E-state index < -0.39 is 11.7 Å². The summed E-state index contributed by atoms with van der Waals surface area (Å²) >= 11 is 0. The molecule has 0 aromatic rings. The first kappa shape index (κ1) is 23.5. The van der Waals surface area contributed by atoms with Gasteiger partial charge in [-0.1, -0.05) is 58.4 Å². The van der Waals surface area contributed by atoms with E-state index in [0.29, 0.717) is 29.6 Å². The Kier molecular flexibility index (Phi) is 6.29. The molecule has 0 saturated heterocycles. The smallest absolute Gasteiger partial charge is 0.105 e. The first-order valence-corrected chi connectivity index (χ1v) is 12.9. The molecule has 0 bridgehead atoms. The van der Waals surface area contributed by atoms with Crippen LogP contribution in [-0.2, 0) is 4.74 Å². The molecule has 9 atom stereocenters. The maximum Gasteiger partial charge on any atom is 0.105 e. The average molecular weight is 431 g/mol. The molecular weight excluding hydrogens is 384 g/mol. The second-order valence-corrected chi connectivity index (χ2v) is 12.3. The van der Waals surface area contributed by atoms with Gasteiger partial charge < -0.3 is 14.9 Å².